The molecule has 0 bridgehead atoms. The Balaban J connectivity index is 2.27. The lowest BCUT2D eigenvalue weighted by Crippen LogP contribution is -2.00. The Morgan fingerprint density at radius 3 is 2.27 bits per heavy atom. The molecule has 4 nitrogen and oxygen atoms in total. The molecule has 0 spiro atoms. The number of phenols is 1. The highest BCUT2D eigenvalue weighted by Crippen LogP contribution is 2.33. The summed E-state index contributed by atoms with van der Waals surface area (Å²) in [5.41, 5.74) is 4.39. The molecule has 136 valence electrons. The van der Waals surface area contributed by atoms with Crippen molar-refractivity contribution >= 4 is 18.1 Å². The summed E-state index contributed by atoms with van der Waals surface area (Å²) in [7, 11) is 2.90. The number of carbonyl (C=O) groups is 1. The maximum absolute atomic E-state index is 11.5. The molecule has 0 saturated carbocycles. The van der Waals surface area contributed by atoms with E-state index in [1.54, 1.807) is 25.3 Å². The number of ether oxygens (including phenoxy) is 2. The Kier molecular flexibility index (Phi) is 6.61. The lowest BCUT2D eigenvalue weighted by molar-refractivity contribution is 0.0600. The summed E-state index contributed by atoms with van der Waals surface area (Å²) >= 11 is 0. The van der Waals surface area contributed by atoms with Gasteiger partial charge in [-0.2, -0.15) is 0 Å². The van der Waals surface area contributed by atoms with Gasteiger partial charge in [-0.15, -0.1) is 0 Å². The Bertz CT molecular complexity index is 826. The number of methoxy groups -OCH3 is 2. The highest BCUT2D eigenvalue weighted by molar-refractivity contribution is 5.89. The van der Waals surface area contributed by atoms with Crippen LogP contribution in [0.15, 0.2) is 48.0 Å². The van der Waals surface area contributed by atoms with Crippen molar-refractivity contribution in [3.05, 3.63) is 70.3 Å². The minimum Gasteiger partial charge on any atom is -0.504 e. The summed E-state index contributed by atoms with van der Waals surface area (Å²) in [5.74, 6) is 0.266. The van der Waals surface area contributed by atoms with Gasteiger partial charge in [-0.25, -0.2) is 4.79 Å². The average molecular weight is 352 g/mol. The number of allylic oxidation sites excluding steroid dienone is 2. The fourth-order valence-corrected chi connectivity index (χ4v) is 2.45. The van der Waals surface area contributed by atoms with Gasteiger partial charge in [0.25, 0.3) is 0 Å². The average Bonchev–Trinajstić information content (AvgIpc) is 2.65. The molecule has 0 amide bonds. The number of benzene rings is 2. The van der Waals surface area contributed by atoms with E-state index in [0.717, 1.165) is 16.7 Å². The first-order valence-electron chi connectivity index (χ1n) is 8.34. The van der Waals surface area contributed by atoms with E-state index in [4.69, 9.17) is 9.47 Å². The highest BCUT2D eigenvalue weighted by atomic mass is 16.5. The van der Waals surface area contributed by atoms with Gasteiger partial charge < -0.3 is 14.6 Å². The first-order chi connectivity index (χ1) is 12.4. The maximum atomic E-state index is 11.5. The SMILES string of the molecule is COC(=O)c1ccc(/C=C/c2cc(CC=C(C)C)c(O)c(OC)c2)cc1. The second kappa shape index (κ2) is 8.90. The number of carbonyl (C=O) groups excluding carboxylic acids is 1. The van der Waals surface area contributed by atoms with Crippen molar-refractivity contribution < 1.29 is 19.4 Å². The zero-order valence-electron chi connectivity index (χ0n) is 15.6. The van der Waals surface area contributed by atoms with Gasteiger partial charge in [0, 0.05) is 5.56 Å². The summed E-state index contributed by atoms with van der Waals surface area (Å²) in [5, 5.41) is 10.3. The van der Waals surface area contributed by atoms with Crippen LogP contribution >= 0.6 is 0 Å². The highest BCUT2D eigenvalue weighted by Gasteiger charge is 2.09. The lowest BCUT2D eigenvalue weighted by atomic mass is 10.0. The smallest absolute Gasteiger partial charge is 0.337 e. The number of esters is 1. The van der Waals surface area contributed by atoms with Crippen LogP contribution in [0.1, 0.15) is 40.9 Å². The number of aromatic hydroxyl groups is 1. The van der Waals surface area contributed by atoms with Gasteiger partial charge in [0.2, 0.25) is 0 Å². The summed E-state index contributed by atoms with van der Waals surface area (Å²) in [6.45, 7) is 4.05. The normalized spacial score (nSPS) is 10.6. The molecule has 0 fully saturated rings. The van der Waals surface area contributed by atoms with E-state index in [-0.39, 0.29) is 11.7 Å². The monoisotopic (exact) mass is 352 g/mol. The Hall–Kier alpha value is -3.01. The van der Waals surface area contributed by atoms with Gasteiger partial charge in [0.05, 0.1) is 19.8 Å². The summed E-state index contributed by atoms with van der Waals surface area (Å²) in [6, 6.07) is 10.9. The van der Waals surface area contributed by atoms with Crippen LogP contribution in [0.4, 0.5) is 0 Å². The van der Waals surface area contributed by atoms with E-state index in [1.807, 2.05) is 44.2 Å². The van der Waals surface area contributed by atoms with Gasteiger partial charge in [-0.1, -0.05) is 35.9 Å². The molecular weight excluding hydrogens is 328 g/mol. The third-order valence-electron chi connectivity index (χ3n) is 3.93. The van der Waals surface area contributed by atoms with Crippen LogP contribution in [0.5, 0.6) is 11.5 Å². The molecule has 0 unspecified atom stereocenters. The standard InChI is InChI=1S/C22H24O4/c1-15(2)5-10-19-13-17(14-20(25-3)21(19)23)7-6-16-8-11-18(12-9-16)22(24)26-4/h5-9,11-14,23H,10H2,1-4H3/b7-6+. The number of rotatable bonds is 6. The van der Waals surface area contributed by atoms with Crippen LogP contribution in [0, 0.1) is 0 Å². The third kappa shape index (κ3) is 4.99. The number of hydrogen-bond donors (Lipinski definition) is 1. The van der Waals surface area contributed by atoms with Gasteiger partial charge in [-0.05, 0) is 55.7 Å². The molecular formula is C22H24O4. The Labute approximate surface area is 154 Å². The van der Waals surface area contributed by atoms with Crippen LogP contribution in [-0.4, -0.2) is 25.3 Å². The second-order valence-corrected chi connectivity index (χ2v) is 6.16. The fraction of sp³-hybridized carbons (Fsp3) is 0.227. The van der Waals surface area contributed by atoms with E-state index in [0.29, 0.717) is 17.7 Å². The molecule has 2 aromatic rings. The summed E-state index contributed by atoms with van der Waals surface area (Å²) in [6.07, 6.45) is 6.59. The predicted molar refractivity (Wildman–Crippen MR) is 105 cm³/mol. The topological polar surface area (TPSA) is 55.8 Å². The summed E-state index contributed by atoms with van der Waals surface area (Å²) in [4.78, 5) is 11.5. The van der Waals surface area contributed by atoms with Gasteiger partial charge in [-0.3, -0.25) is 0 Å². The van der Waals surface area contributed by atoms with E-state index >= 15 is 0 Å². The van der Waals surface area contributed by atoms with Crippen molar-refractivity contribution in [2.24, 2.45) is 0 Å². The largest absolute Gasteiger partial charge is 0.504 e. The fourth-order valence-electron chi connectivity index (χ4n) is 2.45. The van der Waals surface area contributed by atoms with Crippen LogP contribution < -0.4 is 4.74 Å². The lowest BCUT2D eigenvalue weighted by Gasteiger charge is -2.10. The minimum atomic E-state index is -0.354. The van der Waals surface area contributed by atoms with Crippen LogP contribution in [0.3, 0.4) is 0 Å². The minimum absolute atomic E-state index is 0.171. The van der Waals surface area contributed by atoms with E-state index in [9.17, 15) is 9.90 Å². The maximum Gasteiger partial charge on any atom is 0.337 e. The molecule has 1 N–H and O–H groups in total. The number of hydrogen-bond acceptors (Lipinski definition) is 4. The molecule has 0 aliphatic carbocycles. The molecule has 0 aliphatic rings. The van der Waals surface area contributed by atoms with Crippen LogP contribution in [-0.2, 0) is 11.2 Å². The molecule has 0 radical (unpaired) electrons. The predicted octanol–water partition coefficient (Wildman–Crippen LogP) is 4.87. The van der Waals surface area contributed by atoms with E-state index in [1.165, 1.54) is 12.7 Å². The zero-order valence-corrected chi connectivity index (χ0v) is 15.6. The second-order valence-electron chi connectivity index (χ2n) is 6.16. The van der Waals surface area contributed by atoms with Crippen LogP contribution in [0.25, 0.3) is 12.2 Å². The molecule has 0 atom stereocenters. The van der Waals surface area contributed by atoms with E-state index in [2.05, 4.69) is 6.08 Å². The van der Waals surface area contributed by atoms with Crippen LogP contribution in [0.2, 0.25) is 0 Å². The molecule has 2 aromatic carbocycles. The third-order valence-corrected chi connectivity index (χ3v) is 3.93. The van der Waals surface area contributed by atoms with Crippen molar-refractivity contribution in [1.82, 2.24) is 0 Å². The summed E-state index contributed by atoms with van der Waals surface area (Å²) < 4.78 is 9.98. The zero-order chi connectivity index (χ0) is 19.1. The molecule has 0 heterocycles. The molecule has 0 aromatic heterocycles. The van der Waals surface area contributed by atoms with Crippen molar-refractivity contribution in [3.63, 3.8) is 0 Å². The molecule has 2 rings (SSSR count). The quantitative estimate of drug-likeness (QED) is 0.458. The van der Waals surface area contributed by atoms with Crippen molar-refractivity contribution in [1.29, 1.82) is 0 Å². The van der Waals surface area contributed by atoms with E-state index < -0.39 is 0 Å². The van der Waals surface area contributed by atoms with Crippen molar-refractivity contribution in [3.8, 4) is 11.5 Å². The molecule has 4 heteroatoms. The molecule has 26 heavy (non-hydrogen) atoms. The molecule has 0 saturated heterocycles. The number of phenolic OH excluding ortho intramolecular Hbond substituents is 1. The van der Waals surface area contributed by atoms with Gasteiger partial charge >= 0.3 is 5.97 Å². The first kappa shape index (κ1) is 19.3. The van der Waals surface area contributed by atoms with Crippen molar-refractivity contribution in [2.45, 2.75) is 20.3 Å². The van der Waals surface area contributed by atoms with Crippen molar-refractivity contribution in [2.75, 3.05) is 14.2 Å². The Morgan fingerprint density at radius 2 is 1.69 bits per heavy atom. The van der Waals surface area contributed by atoms with Gasteiger partial charge in [0.15, 0.2) is 11.5 Å². The molecule has 0 aliphatic heterocycles. The first-order valence-corrected chi connectivity index (χ1v) is 8.34. The van der Waals surface area contributed by atoms with Gasteiger partial charge in [0.1, 0.15) is 0 Å². The Morgan fingerprint density at radius 1 is 1.04 bits per heavy atom.